The van der Waals surface area contributed by atoms with Crippen molar-refractivity contribution >= 4 is 8.32 Å². The molecule has 0 bridgehead atoms. The summed E-state index contributed by atoms with van der Waals surface area (Å²) in [5, 5.41) is 0. The van der Waals surface area contributed by atoms with E-state index in [4.69, 9.17) is 4.43 Å². The largest absolute Gasteiger partial charge is 0.416 e. The third kappa shape index (κ3) is 6.40. The van der Waals surface area contributed by atoms with E-state index in [1.165, 1.54) is 12.1 Å². The monoisotopic (exact) mass is 489 g/mol. The zero-order valence-corrected chi connectivity index (χ0v) is 22.6. The van der Waals surface area contributed by atoms with Crippen LogP contribution in [0.4, 0.5) is 17.6 Å². The van der Waals surface area contributed by atoms with Gasteiger partial charge in [-0.15, -0.1) is 0 Å². The fourth-order valence-electron chi connectivity index (χ4n) is 6.02. The molecule has 2 nitrogen and oxygen atoms in total. The lowest BCUT2D eigenvalue weighted by atomic mass is 9.88. The maximum atomic E-state index is 13.8. The zero-order valence-electron chi connectivity index (χ0n) is 21.6. The first kappa shape index (κ1) is 28.3. The molecule has 0 spiro atoms. The lowest BCUT2D eigenvalue weighted by Crippen LogP contribution is -2.47. The Hall–Kier alpha value is -0.923. The smallest absolute Gasteiger partial charge is 0.412 e. The zero-order chi connectivity index (χ0) is 25.1. The van der Waals surface area contributed by atoms with Gasteiger partial charge in [-0.3, -0.25) is 4.90 Å². The number of likely N-dealkylation sites (tertiary alicyclic amines) is 1. The Morgan fingerprint density at radius 2 is 1.45 bits per heavy atom. The van der Waals surface area contributed by atoms with Crippen molar-refractivity contribution in [3.05, 3.63) is 34.9 Å². The Labute approximate surface area is 199 Å². The topological polar surface area (TPSA) is 12.5 Å². The van der Waals surface area contributed by atoms with E-state index in [0.29, 0.717) is 48.1 Å². The van der Waals surface area contributed by atoms with Crippen LogP contribution in [0.1, 0.15) is 91.0 Å². The summed E-state index contributed by atoms with van der Waals surface area (Å²) < 4.78 is 61.4. The summed E-state index contributed by atoms with van der Waals surface area (Å²) in [6.45, 7) is 18.7. The number of piperidine rings is 1. The molecule has 7 heteroatoms. The summed E-state index contributed by atoms with van der Waals surface area (Å²) in [6, 6.07) is 4.05. The van der Waals surface area contributed by atoms with Crippen LogP contribution in [0, 0.1) is 5.92 Å². The van der Waals surface area contributed by atoms with Gasteiger partial charge in [0.25, 0.3) is 0 Å². The Balaban J connectivity index is 2.52. The van der Waals surface area contributed by atoms with Crippen molar-refractivity contribution < 1.29 is 22.0 Å². The number of hydrogen-bond donors (Lipinski definition) is 0. The first-order chi connectivity index (χ1) is 15.2. The maximum absolute atomic E-state index is 13.8. The van der Waals surface area contributed by atoms with Crippen LogP contribution in [0.5, 0.6) is 0 Å². The first-order valence-electron chi connectivity index (χ1n) is 12.4. The second kappa shape index (κ2) is 11.2. The van der Waals surface area contributed by atoms with E-state index in [2.05, 4.69) is 60.3 Å². The van der Waals surface area contributed by atoms with Crippen LogP contribution in [0.15, 0.2) is 18.2 Å². The number of rotatable bonds is 9. The SMILES string of the molecule is CC(C)C(c1ccc(C(F)(F)F)cc1CO[Si](C(C)C)(C(C)C)C(C)C)N1CCC(F)CC1. The van der Waals surface area contributed by atoms with Crippen LogP contribution in [-0.2, 0) is 17.2 Å². The van der Waals surface area contributed by atoms with Crippen LogP contribution in [0.2, 0.25) is 16.6 Å². The molecule has 2 rings (SSSR count). The lowest BCUT2D eigenvalue weighted by molar-refractivity contribution is -0.137. The van der Waals surface area contributed by atoms with Gasteiger partial charge in [0.05, 0.1) is 12.2 Å². The van der Waals surface area contributed by atoms with Crippen molar-refractivity contribution in [3.63, 3.8) is 0 Å². The van der Waals surface area contributed by atoms with Gasteiger partial charge in [0, 0.05) is 19.1 Å². The van der Waals surface area contributed by atoms with Gasteiger partial charge in [0.15, 0.2) is 0 Å². The second-order valence-electron chi connectivity index (χ2n) is 10.9. The molecule has 0 aromatic heterocycles. The van der Waals surface area contributed by atoms with Gasteiger partial charge in [0.1, 0.15) is 6.17 Å². The molecule has 190 valence electrons. The number of nitrogens with zero attached hydrogens (tertiary/aromatic N) is 1. The normalized spacial score (nSPS) is 18.2. The average molecular weight is 490 g/mol. The molecule has 1 aliphatic rings. The van der Waals surface area contributed by atoms with Gasteiger partial charge in [-0.1, -0.05) is 61.5 Å². The summed E-state index contributed by atoms with van der Waals surface area (Å²) in [6.07, 6.45) is -4.26. The highest BCUT2D eigenvalue weighted by molar-refractivity contribution is 6.77. The van der Waals surface area contributed by atoms with Crippen LogP contribution in [0.25, 0.3) is 0 Å². The third-order valence-corrected chi connectivity index (χ3v) is 13.5. The Kier molecular flexibility index (Phi) is 9.62. The molecule has 1 aliphatic heterocycles. The predicted octanol–water partition coefficient (Wildman–Crippen LogP) is 8.53. The minimum absolute atomic E-state index is 0.0633. The van der Waals surface area contributed by atoms with Crippen LogP contribution >= 0.6 is 0 Å². The van der Waals surface area contributed by atoms with Crippen molar-refractivity contribution in [2.45, 2.75) is 110 Å². The summed E-state index contributed by atoms with van der Waals surface area (Å²) in [7, 11) is -2.25. The standard InChI is InChI=1S/C26H43F4NOSi/c1-17(2)25(31-13-11-23(27)12-14-31)24-10-9-22(26(28,29)30)15-21(24)16-32-33(18(3)4,19(5)6)20(7)8/h9-10,15,17-20,23,25H,11-14,16H2,1-8H3. The Bertz CT molecular complexity index is 733. The molecule has 1 saturated heterocycles. The molecule has 33 heavy (non-hydrogen) atoms. The van der Waals surface area contributed by atoms with Crippen LogP contribution in [-0.4, -0.2) is 32.5 Å². The fraction of sp³-hybridized carbons (Fsp3) is 0.769. The van der Waals surface area contributed by atoms with E-state index in [1.807, 2.05) is 0 Å². The molecular formula is C26H43F4NOSi. The highest BCUT2D eigenvalue weighted by atomic mass is 28.4. The molecule has 0 radical (unpaired) electrons. The van der Waals surface area contributed by atoms with E-state index in [1.54, 1.807) is 6.07 Å². The summed E-state index contributed by atoms with van der Waals surface area (Å²) >= 11 is 0. The van der Waals surface area contributed by atoms with Gasteiger partial charge in [-0.25, -0.2) is 4.39 Å². The number of halogens is 4. The second-order valence-corrected chi connectivity index (χ2v) is 16.4. The van der Waals surface area contributed by atoms with Gasteiger partial charge >= 0.3 is 6.18 Å². The van der Waals surface area contributed by atoms with Crippen molar-refractivity contribution in [2.24, 2.45) is 5.92 Å². The van der Waals surface area contributed by atoms with Crippen molar-refractivity contribution in [2.75, 3.05) is 13.1 Å². The quantitative estimate of drug-likeness (QED) is 0.254. The van der Waals surface area contributed by atoms with E-state index < -0.39 is 26.2 Å². The van der Waals surface area contributed by atoms with E-state index in [-0.39, 0.29) is 18.6 Å². The molecule has 1 atom stereocenters. The van der Waals surface area contributed by atoms with E-state index in [9.17, 15) is 17.6 Å². The van der Waals surface area contributed by atoms with Crippen LogP contribution in [0.3, 0.4) is 0 Å². The molecule has 1 unspecified atom stereocenters. The van der Waals surface area contributed by atoms with Gasteiger partial charge < -0.3 is 4.43 Å². The van der Waals surface area contributed by atoms with Crippen molar-refractivity contribution in [3.8, 4) is 0 Å². The van der Waals surface area contributed by atoms with E-state index >= 15 is 0 Å². The molecule has 0 N–H and O–H groups in total. The number of benzene rings is 1. The fourth-order valence-corrected chi connectivity index (χ4v) is 11.4. The van der Waals surface area contributed by atoms with Crippen LogP contribution < -0.4 is 0 Å². The molecular weight excluding hydrogens is 446 g/mol. The highest BCUT2D eigenvalue weighted by Crippen LogP contribution is 2.44. The van der Waals surface area contributed by atoms with Crippen molar-refractivity contribution in [1.82, 2.24) is 4.90 Å². The third-order valence-electron chi connectivity index (χ3n) is 7.46. The summed E-state index contributed by atoms with van der Waals surface area (Å²) in [4.78, 5) is 2.24. The highest BCUT2D eigenvalue weighted by Gasteiger charge is 2.45. The molecule has 1 aromatic rings. The summed E-state index contributed by atoms with van der Waals surface area (Å²) in [5.74, 6) is 0.180. The van der Waals surface area contributed by atoms with Gasteiger partial charge in [0.2, 0.25) is 8.32 Å². The summed E-state index contributed by atoms with van der Waals surface area (Å²) in [5.41, 5.74) is 1.89. The Morgan fingerprint density at radius 3 is 1.88 bits per heavy atom. The maximum Gasteiger partial charge on any atom is 0.416 e. The molecule has 0 saturated carbocycles. The molecule has 1 heterocycles. The molecule has 1 fully saturated rings. The molecule has 0 aliphatic carbocycles. The van der Waals surface area contributed by atoms with E-state index in [0.717, 1.165) is 5.56 Å². The average Bonchev–Trinajstić information content (AvgIpc) is 2.69. The molecule has 0 amide bonds. The Morgan fingerprint density at radius 1 is 0.939 bits per heavy atom. The number of alkyl halides is 4. The lowest BCUT2D eigenvalue weighted by Gasteiger charge is -2.43. The predicted molar refractivity (Wildman–Crippen MR) is 131 cm³/mol. The number of hydrogen-bond acceptors (Lipinski definition) is 2. The van der Waals surface area contributed by atoms with Gasteiger partial charge in [-0.2, -0.15) is 13.2 Å². The minimum Gasteiger partial charge on any atom is -0.412 e. The minimum atomic E-state index is -4.41. The van der Waals surface area contributed by atoms with Crippen molar-refractivity contribution in [1.29, 1.82) is 0 Å². The molecule has 1 aromatic carbocycles. The van der Waals surface area contributed by atoms with Gasteiger partial charge in [-0.05, 0) is 58.6 Å². The first-order valence-corrected chi connectivity index (χ1v) is 14.6.